The summed E-state index contributed by atoms with van der Waals surface area (Å²) in [6.45, 7) is 7.08. The molecule has 0 heterocycles. The van der Waals surface area contributed by atoms with Crippen molar-refractivity contribution in [3.63, 3.8) is 0 Å². The molecular formula is C13H30N4O3S. The third-order valence-electron chi connectivity index (χ3n) is 2.97. The van der Waals surface area contributed by atoms with Crippen LogP contribution < -0.4 is 10.6 Å². The quantitative estimate of drug-likeness (QED) is 0.324. The van der Waals surface area contributed by atoms with Gasteiger partial charge in [0, 0.05) is 46.9 Å². The molecule has 0 spiro atoms. The highest BCUT2D eigenvalue weighted by atomic mass is 32.2. The number of rotatable bonds is 11. The zero-order chi connectivity index (χ0) is 16.1. The van der Waals surface area contributed by atoms with E-state index in [0.717, 1.165) is 38.6 Å². The lowest BCUT2D eigenvalue weighted by Gasteiger charge is -2.16. The van der Waals surface area contributed by atoms with Gasteiger partial charge in [-0.05, 0) is 26.7 Å². The van der Waals surface area contributed by atoms with Crippen LogP contribution in [-0.2, 0) is 14.8 Å². The number of hydrogen-bond donors (Lipinski definition) is 2. The molecule has 0 fully saturated rings. The summed E-state index contributed by atoms with van der Waals surface area (Å²) in [6.07, 6.45) is 1.65. The van der Waals surface area contributed by atoms with E-state index in [-0.39, 0.29) is 5.75 Å². The fraction of sp³-hybridized carbons (Fsp3) is 0.923. The Bertz CT molecular complexity index is 385. The van der Waals surface area contributed by atoms with Gasteiger partial charge in [0.05, 0.1) is 5.75 Å². The molecule has 0 radical (unpaired) electrons. The van der Waals surface area contributed by atoms with Crippen LogP contribution in [0.5, 0.6) is 0 Å². The zero-order valence-corrected chi connectivity index (χ0v) is 14.5. The molecule has 0 aromatic heterocycles. The highest BCUT2D eigenvalue weighted by molar-refractivity contribution is 7.89. The average molecular weight is 322 g/mol. The Balaban J connectivity index is 3.78. The fourth-order valence-electron chi connectivity index (χ4n) is 1.61. The highest BCUT2D eigenvalue weighted by Crippen LogP contribution is 1.98. The van der Waals surface area contributed by atoms with Gasteiger partial charge in [0.1, 0.15) is 0 Å². The third-order valence-corrected chi connectivity index (χ3v) is 4.83. The monoisotopic (exact) mass is 322 g/mol. The molecule has 0 aromatic rings. The van der Waals surface area contributed by atoms with Crippen LogP contribution in [-0.4, -0.2) is 71.4 Å². The van der Waals surface area contributed by atoms with E-state index in [1.54, 1.807) is 21.0 Å². The summed E-state index contributed by atoms with van der Waals surface area (Å²) in [6, 6.07) is 0. The Kier molecular flexibility index (Phi) is 11.3. The van der Waals surface area contributed by atoms with Crippen molar-refractivity contribution in [1.29, 1.82) is 0 Å². The molecule has 0 rings (SSSR count). The van der Waals surface area contributed by atoms with Crippen LogP contribution >= 0.6 is 0 Å². The van der Waals surface area contributed by atoms with Crippen molar-refractivity contribution in [3.8, 4) is 0 Å². The van der Waals surface area contributed by atoms with Crippen LogP contribution in [0.15, 0.2) is 4.99 Å². The number of hydrogen-bond acceptors (Lipinski definition) is 4. The minimum absolute atomic E-state index is 0.139. The molecule has 0 bridgehead atoms. The molecule has 126 valence electrons. The van der Waals surface area contributed by atoms with Gasteiger partial charge >= 0.3 is 0 Å². The molecule has 7 nitrogen and oxygen atoms in total. The summed E-state index contributed by atoms with van der Waals surface area (Å²) in [7, 11) is 0.243. The van der Waals surface area contributed by atoms with E-state index in [0.29, 0.717) is 13.1 Å². The van der Waals surface area contributed by atoms with Crippen LogP contribution in [0.2, 0.25) is 0 Å². The number of nitrogens with one attached hydrogen (secondary N) is 2. The minimum atomic E-state index is -3.08. The largest absolute Gasteiger partial charge is 0.382 e. The Labute approximate surface area is 129 Å². The molecule has 0 aromatic carbocycles. The summed E-state index contributed by atoms with van der Waals surface area (Å²) in [5.41, 5.74) is 0. The Hall–Kier alpha value is -0.860. The summed E-state index contributed by atoms with van der Waals surface area (Å²) in [4.78, 5) is 4.11. The minimum Gasteiger partial charge on any atom is -0.382 e. The van der Waals surface area contributed by atoms with E-state index >= 15 is 0 Å². The summed E-state index contributed by atoms with van der Waals surface area (Å²) < 4.78 is 29.8. The van der Waals surface area contributed by atoms with Gasteiger partial charge in [0.15, 0.2) is 5.96 Å². The molecule has 0 atom stereocenters. The first kappa shape index (κ1) is 20.1. The molecular weight excluding hydrogens is 292 g/mol. The third kappa shape index (κ3) is 9.65. The maximum atomic E-state index is 11.6. The second-order valence-electron chi connectivity index (χ2n) is 4.55. The Morgan fingerprint density at radius 2 is 1.81 bits per heavy atom. The predicted molar refractivity (Wildman–Crippen MR) is 87.2 cm³/mol. The first-order valence-electron chi connectivity index (χ1n) is 7.44. The van der Waals surface area contributed by atoms with Gasteiger partial charge in [0.25, 0.3) is 0 Å². The lowest BCUT2D eigenvalue weighted by molar-refractivity contribution is 0.145. The summed E-state index contributed by atoms with van der Waals surface area (Å²) in [5, 5.41) is 6.35. The number of sulfonamides is 1. The fourth-order valence-corrected chi connectivity index (χ4v) is 2.46. The molecule has 0 saturated heterocycles. The predicted octanol–water partition coefficient (Wildman–Crippen LogP) is 0.250. The van der Waals surface area contributed by atoms with Gasteiger partial charge in [-0.25, -0.2) is 12.7 Å². The van der Waals surface area contributed by atoms with Crippen LogP contribution in [0, 0.1) is 0 Å². The Morgan fingerprint density at radius 1 is 1.19 bits per heavy atom. The molecule has 0 aliphatic heterocycles. The van der Waals surface area contributed by atoms with E-state index < -0.39 is 10.0 Å². The van der Waals surface area contributed by atoms with Crippen molar-refractivity contribution in [2.45, 2.75) is 26.7 Å². The van der Waals surface area contributed by atoms with E-state index in [1.165, 1.54) is 4.31 Å². The van der Waals surface area contributed by atoms with Gasteiger partial charge in [-0.1, -0.05) is 0 Å². The SMILES string of the molecule is CCOCCCNC(=NC)NCCCN(C)S(=O)(=O)CC. The standard InChI is InChI=1S/C13H30N4O3S/c1-5-20-12-8-10-16-13(14-3)15-9-7-11-17(4)21(18,19)6-2/h5-12H2,1-4H3,(H2,14,15,16). The van der Waals surface area contributed by atoms with Crippen molar-refractivity contribution in [1.82, 2.24) is 14.9 Å². The normalized spacial score (nSPS) is 12.7. The maximum absolute atomic E-state index is 11.6. The number of guanidine groups is 1. The molecule has 0 unspecified atom stereocenters. The average Bonchev–Trinajstić information content (AvgIpc) is 2.48. The molecule has 0 amide bonds. The smallest absolute Gasteiger partial charge is 0.213 e. The van der Waals surface area contributed by atoms with Gasteiger partial charge < -0.3 is 15.4 Å². The van der Waals surface area contributed by atoms with Crippen LogP contribution in [0.25, 0.3) is 0 Å². The van der Waals surface area contributed by atoms with Crippen molar-refractivity contribution < 1.29 is 13.2 Å². The molecule has 0 aliphatic carbocycles. The molecule has 21 heavy (non-hydrogen) atoms. The number of nitrogens with zero attached hydrogens (tertiary/aromatic N) is 2. The number of aliphatic imine (C=N–C) groups is 1. The van der Waals surface area contributed by atoms with Gasteiger partial charge in [-0.3, -0.25) is 4.99 Å². The zero-order valence-electron chi connectivity index (χ0n) is 13.7. The van der Waals surface area contributed by atoms with Gasteiger partial charge in [-0.2, -0.15) is 0 Å². The van der Waals surface area contributed by atoms with Crippen LogP contribution in [0.1, 0.15) is 26.7 Å². The summed E-state index contributed by atoms with van der Waals surface area (Å²) in [5.74, 6) is 0.868. The lowest BCUT2D eigenvalue weighted by atomic mass is 10.4. The van der Waals surface area contributed by atoms with E-state index in [1.807, 2.05) is 6.92 Å². The maximum Gasteiger partial charge on any atom is 0.213 e. The van der Waals surface area contributed by atoms with Crippen LogP contribution in [0.3, 0.4) is 0 Å². The second-order valence-corrected chi connectivity index (χ2v) is 6.92. The Morgan fingerprint density at radius 3 is 2.33 bits per heavy atom. The molecule has 8 heteroatoms. The van der Waals surface area contributed by atoms with E-state index in [2.05, 4.69) is 15.6 Å². The van der Waals surface area contributed by atoms with Crippen molar-refractivity contribution in [2.24, 2.45) is 4.99 Å². The number of ether oxygens (including phenoxy) is 1. The van der Waals surface area contributed by atoms with Crippen LogP contribution in [0.4, 0.5) is 0 Å². The van der Waals surface area contributed by atoms with Gasteiger partial charge in [-0.15, -0.1) is 0 Å². The van der Waals surface area contributed by atoms with E-state index in [4.69, 9.17) is 4.74 Å². The lowest BCUT2D eigenvalue weighted by Crippen LogP contribution is -2.39. The summed E-state index contributed by atoms with van der Waals surface area (Å²) >= 11 is 0. The molecule has 2 N–H and O–H groups in total. The second kappa shape index (κ2) is 11.8. The van der Waals surface area contributed by atoms with E-state index in [9.17, 15) is 8.42 Å². The van der Waals surface area contributed by atoms with Gasteiger partial charge in [0.2, 0.25) is 10.0 Å². The van der Waals surface area contributed by atoms with Crippen molar-refractivity contribution in [3.05, 3.63) is 0 Å². The molecule has 0 aliphatic rings. The van der Waals surface area contributed by atoms with Crippen molar-refractivity contribution >= 4 is 16.0 Å². The van der Waals surface area contributed by atoms with Crippen molar-refractivity contribution in [2.75, 3.05) is 52.7 Å². The molecule has 0 saturated carbocycles. The topological polar surface area (TPSA) is 83.0 Å². The highest BCUT2D eigenvalue weighted by Gasteiger charge is 2.13. The first-order chi connectivity index (χ1) is 9.97. The first-order valence-corrected chi connectivity index (χ1v) is 9.05.